The molecule has 0 radical (unpaired) electrons. The summed E-state index contributed by atoms with van der Waals surface area (Å²) in [7, 11) is 5.27. The standard InChI is InChI=1S/C16H24N4O4S/c1-10-13(15(23)24-4)25-16(17-10)18-14(22)11-8-12(21)20(9-11)7-5-6-19(2)3/h11H,5-9H2,1-4H3,(H,17,18,22). The number of hydrogen-bond donors (Lipinski definition) is 1. The first kappa shape index (κ1) is 19.3. The number of amides is 2. The maximum absolute atomic E-state index is 12.4. The zero-order chi connectivity index (χ0) is 18.6. The summed E-state index contributed by atoms with van der Waals surface area (Å²) in [4.78, 5) is 44.4. The fourth-order valence-electron chi connectivity index (χ4n) is 2.68. The van der Waals surface area contributed by atoms with Crippen LogP contribution < -0.4 is 5.32 Å². The first-order valence-corrected chi connectivity index (χ1v) is 8.92. The molecule has 1 aromatic heterocycles. The number of thiazole rings is 1. The van der Waals surface area contributed by atoms with Crippen LogP contribution in [-0.4, -0.2) is 73.4 Å². The first-order valence-electron chi connectivity index (χ1n) is 8.11. The molecule has 1 saturated heterocycles. The van der Waals surface area contributed by atoms with Gasteiger partial charge in [-0.2, -0.15) is 0 Å². The van der Waals surface area contributed by atoms with E-state index in [1.165, 1.54) is 7.11 Å². The molecule has 25 heavy (non-hydrogen) atoms. The molecule has 1 unspecified atom stereocenters. The molecule has 1 aliphatic rings. The Morgan fingerprint density at radius 1 is 1.44 bits per heavy atom. The van der Waals surface area contributed by atoms with Crippen molar-refractivity contribution in [3.8, 4) is 0 Å². The number of carbonyl (C=O) groups excluding carboxylic acids is 3. The number of nitrogens with one attached hydrogen (secondary N) is 1. The van der Waals surface area contributed by atoms with Crippen LogP contribution >= 0.6 is 11.3 Å². The minimum atomic E-state index is -0.474. The fraction of sp³-hybridized carbons (Fsp3) is 0.625. The second-order valence-corrected chi connectivity index (χ2v) is 7.31. The Balaban J connectivity index is 1.91. The molecule has 2 amide bonds. The van der Waals surface area contributed by atoms with Gasteiger partial charge in [-0.1, -0.05) is 11.3 Å². The number of likely N-dealkylation sites (tertiary alicyclic amines) is 1. The molecule has 1 fully saturated rings. The Kier molecular flexibility index (Phi) is 6.49. The van der Waals surface area contributed by atoms with Gasteiger partial charge in [0.25, 0.3) is 0 Å². The molecule has 9 heteroatoms. The molecule has 1 N–H and O–H groups in total. The van der Waals surface area contributed by atoms with E-state index in [1.807, 2.05) is 14.1 Å². The molecule has 0 spiro atoms. The summed E-state index contributed by atoms with van der Waals surface area (Å²) >= 11 is 1.08. The van der Waals surface area contributed by atoms with E-state index in [9.17, 15) is 14.4 Å². The predicted molar refractivity (Wildman–Crippen MR) is 94.7 cm³/mol. The molecule has 8 nitrogen and oxygen atoms in total. The number of hydrogen-bond acceptors (Lipinski definition) is 7. The van der Waals surface area contributed by atoms with E-state index < -0.39 is 11.9 Å². The number of methoxy groups -OCH3 is 1. The van der Waals surface area contributed by atoms with E-state index in [-0.39, 0.29) is 18.2 Å². The van der Waals surface area contributed by atoms with Crippen LogP contribution in [0.1, 0.15) is 28.2 Å². The molecule has 2 heterocycles. The van der Waals surface area contributed by atoms with Crippen molar-refractivity contribution in [1.29, 1.82) is 0 Å². The highest BCUT2D eigenvalue weighted by atomic mass is 32.1. The number of esters is 1. The first-order chi connectivity index (χ1) is 11.8. The summed E-state index contributed by atoms with van der Waals surface area (Å²) in [6, 6.07) is 0. The van der Waals surface area contributed by atoms with Crippen LogP contribution in [0.4, 0.5) is 5.13 Å². The minimum absolute atomic E-state index is 0.00414. The van der Waals surface area contributed by atoms with E-state index >= 15 is 0 Å². The Morgan fingerprint density at radius 3 is 2.80 bits per heavy atom. The quantitative estimate of drug-likeness (QED) is 0.721. The summed E-state index contributed by atoms with van der Waals surface area (Å²) < 4.78 is 4.68. The van der Waals surface area contributed by atoms with Crippen molar-refractivity contribution in [1.82, 2.24) is 14.8 Å². The second-order valence-electron chi connectivity index (χ2n) is 6.31. The Labute approximate surface area is 151 Å². The minimum Gasteiger partial charge on any atom is -0.465 e. The van der Waals surface area contributed by atoms with Gasteiger partial charge in [-0.25, -0.2) is 9.78 Å². The third-order valence-corrected chi connectivity index (χ3v) is 5.07. The van der Waals surface area contributed by atoms with Crippen LogP contribution in [0.2, 0.25) is 0 Å². The highest BCUT2D eigenvalue weighted by Crippen LogP contribution is 2.25. The lowest BCUT2D eigenvalue weighted by Crippen LogP contribution is -2.30. The van der Waals surface area contributed by atoms with Crippen LogP contribution in [0, 0.1) is 12.8 Å². The summed E-state index contributed by atoms with van der Waals surface area (Å²) in [6.07, 6.45) is 1.09. The van der Waals surface area contributed by atoms with Gasteiger partial charge in [-0.3, -0.25) is 9.59 Å². The Hall–Kier alpha value is -2.00. The van der Waals surface area contributed by atoms with Crippen molar-refractivity contribution >= 4 is 34.3 Å². The Morgan fingerprint density at radius 2 is 2.16 bits per heavy atom. The molecule has 0 saturated carbocycles. The zero-order valence-electron chi connectivity index (χ0n) is 15.0. The SMILES string of the molecule is COC(=O)c1sc(NC(=O)C2CC(=O)N(CCCN(C)C)C2)nc1C. The molecular weight excluding hydrogens is 344 g/mol. The number of aromatic nitrogens is 1. The predicted octanol–water partition coefficient (Wildman–Crippen LogP) is 0.977. The number of rotatable bonds is 7. The number of carbonyl (C=O) groups is 3. The molecule has 0 aromatic carbocycles. The van der Waals surface area contributed by atoms with E-state index in [0.29, 0.717) is 28.8 Å². The van der Waals surface area contributed by atoms with Gasteiger partial charge in [0.1, 0.15) is 4.88 Å². The number of ether oxygens (including phenoxy) is 1. The van der Waals surface area contributed by atoms with E-state index in [4.69, 9.17) is 0 Å². The molecule has 0 aliphatic carbocycles. The third kappa shape index (κ3) is 4.99. The van der Waals surface area contributed by atoms with Crippen LogP contribution in [0.25, 0.3) is 0 Å². The molecule has 1 atom stereocenters. The van der Waals surface area contributed by atoms with E-state index in [0.717, 1.165) is 24.3 Å². The lowest BCUT2D eigenvalue weighted by Gasteiger charge is -2.17. The van der Waals surface area contributed by atoms with Gasteiger partial charge in [0, 0.05) is 19.5 Å². The zero-order valence-corrected chi connectivity index (χ0v) is 15.8. The normalized spacial score (nSPS) is 17.2. The van der Waals surface area contributed by atoms with Crippen molar-refractivity contribution in [2.45, 2.75) is 19.8 Å². The largest absolute Gasteiger partial charge is 0.465 e. The van der Waals surface area contributed by atoms with Crippen LogP contribution in [0.5, 0.6) is 0 Å². The molecule has 0 bridgehead atoms. The monoisotopic (exact) mass is 368 g/mol. The second kappa shape index (κ2) is 8.39. The van der Waals surface area contributed by atoms with Crippen molar-refractivity contribution < 1.29 is 19.1 Å². The van der Waals surface area contributed by atoms with Crippen LogP contribution in [-0.2, 0) is 14.3 Å². The topological polar surface area (TPSA) is 91.8 Å². The average molecular weight is 368 g/mol. The maximum atomic E-state index is 12.4. The smallest absolute Gasteiger partial charge is 0.350 e. The summed E-state index contributed by atoms with van der Waals surface area (Å²) in [5.41, 5.74) is 0.514. The van der Waals surface area contributed by atoms with Gasteiger partial charge in [-0.15, -0.1) is 0 Å². The highest BCUT2D eigenvalue weighted by molar-refractivity contribution is 7.17. The fourth-order valence-corrected chi connectivity index (χ4v) is 3.57. The van der Waals surface area contributed by atoms with Gasteiger partial charge in [0.15, 0.2) is 5.13 Å². The van der Waals surface area contributed by atoms with Gasteiger partial charge in [-0.05, 0) is 34.0 Å². The van der Waals surface area contributed by atoms with Gasteiger partial charge in [0.2, 0.25) is 11.8 Å². The van der Waals surface area contributed by atoms with Crippen LogP contribution in [0.15, 0.2) is 0 Å². The van der Waals surface area contributed by atoms with E-state index in [2.05, 4.69) is 19.9 Å². The highest BCUT2D eigenvalue weighted by Gasteiger charge is 2.34. The Bertz CT molecular complexity index is 659. The van der Waals surface area contributed by atoms with Crippen molar-refractivity contribution in [3.63, 3.8) is 0 Å². The summed E-state index contributed by atoms with van der Waals surface area (Å²) in [5, 5.41) is 3.06. The molecule has 2 rings (SSSR count). The molecule has 1 aliphatic heterocycles. The lowest BCUT2D eigenvalue weighted by molar-refractivity contribution is -0.128. The maximum Gasteiger partial charge on any atom is 0.350 e. The lowest BCUT2D eigenvalue weighted by atomic mass is 10.1. The van der Waals surface area contributed by atoms with E-state index in [1.54, 1.807) is 11.8 Å². The van der Waals surface area contributed by atoms with Crippen molar-refractivity contribution in [2.75, 3.05) is 46.2 Å². The molecule has 138 valence electrons. The molecular formula is C16H24N4O4S. The number of aryl methyl sites for hydroxylation is 1. The van der Waals surface area contributed by atoms with Crippen molar-refractivity contribution in [2.24, 2.45) is 5.92 Å². The number of anilines is 1. The molecule has 1 aromatic rings. The summed E-state index contributed by atoms with van der Waals surface area (Å²) in [5.74, 6) is -1.10. The number of nitrogens with zero attached hydrogens (tertiary/aromatic N) is 3. The van der Waals surface area contributed by atoms with Gasteiger partial charge in [0.05, 0.1) is 18.7 Å². The van der Waals surface area contributed by atoms with Gasteiger partial charge >= 0.3 is 5.97 Å². The van der Waals surface area contributed by atoms with Crippen molar-refractivity contribution in [3.05, 3.63) is 10.6 Å². The summed E-state index contributed by atoms with van der Waals surface area (Å²) in [6.45, 7) is 3.66. The van der Waals surface area contributed by atoms with Crippen LogP contribution in [0.3, 0.4) is 0 Å². The third-order valence-electron chi connectivity index (χ3n) is 4.02. The average Bonchev–Trinajstić information content (AvgIpc) is 3.09. The van der Waals surface area contributed by atoms with Gasteiger partial charge < -0.3 is 19.9 Å².